The van der Waals surface area contributed by atoms with Crippen LogP contribution in [0.1, 0.15) is 40.5 Å². The molecule has 0 aromatic rings. The van der Waals surface area contributed by atoms with E-state index < -0.39 is 7.82 Å². The van der Waals surface area contributed by atoms with Gasteiger partial charge in [0.2, 0.25) is 0 Å². The Morgan fingerprint density at radius 1 is 1.00 bits per heavy atom. The average Bonchev–Trinajstić information content (AvgIpc) is 2.15. The van der Waals surface area contributed by atoms with Crippen LogP contribution in [0.2, 0.25) is 0 Å². The van der Waals surface area contributed by atoms with Crippen LogP contribution in [-0.4, -0.2) is 19.3 Å². The third kappa shape index (κ3) is 5.11. The first kappa shape index (κ1) is 14.1. The minimum Gasteiger partial charge on any atom is -0.287 e. The fourth-order valence-corrected chi connectivity index (χ4v) is 2.53. The normalized spacial score (nSPS) is 12.4. The molecule has 0 radical (unpaired) electrons. The van der Waals surface area contributed by atoms with E-state index in [-0.39, 0.29) is 6.10 Å². The first-order valence-corrected chi connectivity index (χ1v) is 6.65. The largest absolute Gasteiger partial charge is 0.475 e. The number of phosphoric acid groups is 1. The van der Waals surface area contributed by atoms with Crippen LogP contribution in [0.3, 0.4) is 0 Å². The minimum atomic E-state index is -3.31. The molecule has 14 heavy (non-hydrogen) atoms. The van der Waals surface area contributed by atoms with Gasteiger partial charge in [0.25, 0.3) is 0 Å². The van der Waals surface area contributed by atoms with Gasteiger partial charge in [0.05, 0.1) is 19.3 Å². The highest BCUT2D eigenvalue weighted by Crippen LogP contribution is 2.50. The molecule has 0 saturated heterocycles. The SMILES string of the molecule is CCOP(=O)(OCC)OC(CC)CC. The van der Waals surface area contributed by atoms with Crippen LogP contribution >= 0.6 is 7.82 Å². The molecule has 0 aromatic carbocycles. The highest BCUT2D eigenvalue weighted by atomic mass is 31.2. The van der Waals surface area contributed by atoms with Crippen LogP contribution in [0.15, 0.2) is 0 Å². The summed E-state index contributed by atoms with van der Waals surface area (Å²) in [5, 5.41) is 0. The predicted octanol–water partition coefficient (Wildman–Crippen LogP) is 3.37. The maximum atomic E-state index is 11.9. The fraction of sp³-hybridized carbons (Fsp3) is 1.00. The molecular formula is C9H21O4P. The minimum absolute atomic E-state index is 0.0565. The quantitative estimate of drug-likeness (QED) is 0.593. The molecule has 0 aliphatic carbocycles. The van der Waals surface area contributed by atoms with Crippen LogP contribution in [0.25, 0.3) is 0 Å². The summed E-state index contributed by atoms with van der Waals surface area (Å²) in [6.45, 7) is 8.16. The fourth-order valence-electron chi connectivity index (χ4n) is 1.03. The number of rotatable bonds is 8. The lowest BCUT2D eigenvalue weighted by Crippen LogP contribution is -2.11. The highest BCUT2D eigenvalue weighted by Gasteiger charge is 2.28. The maximum Gasteiger partial charge on any atom is 0.475 e. The molecule has 0 N–H and O–H groups in total. The first-order valence-electron chi connectivity index (χ1n) is 5.19. The van der Waals surface area contributed by atoms with Gasteiger partial charge in [0, 0.05) is 0 Å². The Kier molecular flexibility index (Phi) is 7.47. The van der Waals surface area contributed by atoms with Crippen molar-refractivity contribution in [2.75, 3.05) is 13.2 Å². The third-order valence-electron chi connectivity index (χ3n) is 1.76. The molecule has 0 unspecified atom stereocenters. The Hall–Kier alpha value is 0.110. The Labute approximate surface area is 86.5 Å². The second kappa shape index (κ2) is 7.41. The monoisotopic (exact) mass is 224 g/mol. The van der Waals surface area contributed by atoms with Crippen molar-refractivity contribution < 1.29 is 18.1 Å². The Balaban J connectivity index is 4.26. The summed E-state index contributed by atoms with van der Waals surface area (Å²) >= 11 is 0. The molecule has 0 fully saturated rings. The Bertz CT molecular complexity index is 170. The smallest absolute Gasteiger partial charge is 0.287 e. The van der Waals surface area contributed by atoms with Crippen LogP contribution in [0.4, 0.5) is 0 Å². The number of phosphoric ester groups is 1. The zero-order chi connectivity index (χ0) is 11.0. The van der Waals surface area contributed by atoms with Crippen molar-refractivity contribution in [3.05, 3.63) is 0 Å². The maximum absolute atomic E-state index is 11.9. The summed E-state index contributed by atoms with van der Waals surface area (Å²) in [6, 6.07) is 0. The summed E-state index contributed by atoms with van der Waals surface area (Å²) in [7, 11) is -3.31. The summed E-state index contributed by atoms with van der Waals surface area (Å²) in [4.78, 5) is 0. The molecule has 0 aliphatic heterocycles. The van der Waals surface area contributed by atoms with Crippen molar-refractivity contribution in [2.45, 2.75) is 46.6 Å². The van der Waals surface area contributed by atoms with Gasteiger partial charge in [-0.3, -0.25) is 13.6 Å². The van der Waals surface area contributed by atoms with Crippen LogP contribution < -0.4 is 0 Å². The first-order chi connectivity index (χ1) is 6.61. The van der Waals surface area contributed by atoms with Gasteiger partial charge in [0.15, 0.2) is 0 Å². The van der Waals surface area contributed by atoms with E-state index in [0.717, 1.165) is 12.8 Å². The lowest BCUT2D eigenvalue weighted by Gasteiger charge is -2.21. The van der Waals surface area contributed by atoms with E-state index >= 15 is 0 Å². The second-order valence-electron chi connectivity index (χ2n) is 2.83. The molecule has 0 bridgehead atoms. The standard InChI is InChI=1S/C9H21O4P/c1-5-9(6-2)13-14(10,11-7-3)12-8-4/h9H,5-8H2,1-4H3. The Morgan fingerprint density at radius 3 is 1.71 bits per heavy atom. The third-order valence-corrected chi connectivity index (χ3v) is 3.47. The molecule has 0 rings (SSSR count). The van der Waals surface area contributed by atoms with Gasteiger partial charge < -0.3 is 0 Å². The van der Waals surface area contributed by atoms with Gasteiger partial charge in [-0.15, -0.1) is 0 Å². The zero-order valence-electron chi connectivity index (χ0n) is 9.49. The van der Waals surface area contributed by atoms with E-state index in [0.29, 0.717) is 13.2 Å². The van der Waals surface area contributed by atoms with E-state index in [9.17, 15) is 4.57 Å². The molecule has 86 valence electrons. The molecule has 0 aromatic heterocycles. The van der Waals surface area contributed by atoms with Crippen molar-refractivity contribution in [3.8, 4) is 0 Å². The predicted molar refractivity (Wildman–Crippen MR) is 56.3 cm³/mol. The van der Waals surface area contributed by atoms with Gasteiger partial charge in [-0.2, -0.15) is 0 Å². The number of hydrogen-bond acceptors (Lipinski definition) is 4. The molecule has 0 atom stereocenters. The van der Waals surface area contributed by atoms with E-state index in [1.165, 1.54) is 0 Å². The molecule has 0 aliphatic rings. The van der Waals surface area contributed by atoms with Crippen LogP contribution in [0.5, 0.6) is 0 Å². The molecule has 0 saturated carbocycles. The van der Waals surface area contributed by atoms with Crippen molar-refractivity contribution >= 4 is 7.82 Å². The van der Waals surface area contributed by atoms with E-state index in [1.807, 2.05) is 13.8 Å². The van der Waals surface area contributed by atoms with Crippen LogP contribution in [0, 0.1) is 0 Å². The lowest BCUT2D eigenvalue weighted by molar-refractivity contribution is 0.0802. The summed E-state index contributed by atoms with van der Waals surface area (Å²) < 4.78 is 27.2. The molecule has 4 nitrogen and oxygen atoms in total. The molecular weight excluding hydrogens is 203 g/mol. The van der Waals surface area contributed by atoms with Gasteiger partial charge >= 0.3 is 7.82 Å². The molecule has 0 spiro atoms. The van der Waals surface area contributed by atoms with Crippen molar-refractivity contribution in [2.24, 2.45) is 0 Å². The number of hydrogen-bond donors (Lipinski definition) is 0. The lowest BCUT2D eigenvalue weighted by atomic mass is 10.2. The van der Waals surface area contributed by atoms with Gasteiger partial charge in [-0.05, 0) is 26.7 Å². The highest BCUT2D eigenvalue weighted by molar-refractivity contribution is 7.48. The topological polar surface area (TPSA) is 44.8 Å². The zero-order valence-corrected chi connectivity index (χ0v) is 10.4. The summed E-state index contributed by atoms with van der Waals surface area (Å²) in [5.74, 6) is 0. The van der Waals surface area contributed by atoms with E-state index in [4.69, 9.17) is 13.6 Å². The molecule has 0 amide bonds. The van der Waals surface area contributed by atoms with E-state index in [1.54, 1.807) is 13.8 Å². The van der Waals surface area contributed by atoms with Crippen molar-refractivity contribution in [3.63, 3.8) is 0 Å². The summed E-state index contributed by atoms with van der Waals surface area (Å²) in [5.41, 5.74) is 0. The van der Waals surface area contributed by atoms with Crippen molar-refractivity contribution in [1.29, 1.82) is 0 Å². The molecule has 5 heteroatoms. The average molecular weight is 224 g/mol. The molecule has 0 heterocycles. The Morgan fingerprint density at radius 2 is 1.43 bits per heavy atom. The summed E-state index contributed by atoms with van der Waals surface area (Å²) in [6.07, 6.45) is 1.56. The second-order valence-corrected chi connectivity index (χ2v) is 4.45. The van der Waals surface area contributed by atoms with E-state index in [2.05, 4.69) is 0 Å². The van der Waals surface area contributed by atoms with Crippen molar-refractivity contribution in [1.82, 2.24) is 0 Å². The van der Waals surface area contributed by atoms with Gasteiger partial charge in [0.1, 0.15) is 0 Å². The van der Waals surface area contributed by atoms with Gasteiger partial charge in [-0.1, -0.05) is 13.8 Å². The van der Waals surface area contributed by atoms with Crippen LogP contribution in [-0.2, 0) is 18.1 Å². The van der Waals surface area contributed by atoms with Gasteiger partial charge in [-0.25, -0.2) is 4.57 Å².